The van der Waals surface area contributed by atoms with Gasteiger partial charge in [0.2, 0.25) is 5.91 Å². The van der Waals surface area contributed by atoms with E-state index in [-0.39, 0.29) is 5.91 Å². The summed E-state index contributed by atoms with van der Waals surface area (Å²) in [6, 6.07) is 0. The molecule has 3 rings (SSSR count). The minimum absolute atomic E-state index is 0.0360. The van der Waals surface area contributed by atoms with E-state index in [2.05, 4.69) is 31.8 Å². The molecule has 2 aliphatic heterocycles. The summed E-state index contributed by atoms with van der Waals surface area (Å²) < 4.78 is 7.17. The Kier molecular flexibility index (Phi) is 5.20. The molecular weight excluding hydrogens is 308 g/mol. The van der Waals surface area contributed by atoms with E-state index in [1.807, 2.05) is 10.9 Å². The van der Waals surface area contributed by atoms with E-state index in [1.165, 1.54) is 0 Å². The van der Waals surface area contributed by atoms with Gasteiger partial charge in [-0.15, -0.1) is 17.4 Å². The number of ether oxygens (including phenoxy) is 1. The van der Waals surface area contributed by atoms with Crippen LogP contribution >= 0.6 is 0 Å². The van der Waals surface area contributed by atoms with Crippen molar-refractivity contribution in [2.24, 2.45) is 16.1 Å². The van der Waals surface area contributed by atoms with E-state index in [1.54, 1.807) is 0 Å². The quantitative estimate of drug-likeness (QED) is 0.690. The summed E-state index contributed by atoms with van der Waals surface area (Å²) in [6.45, 7) is 2.79. The molecule has 8 heteroatoms. The second-order valence-electron chi connectivity index (χ2n) is 6.32. The van der Waals surface area contributed by atoms with Crippen LogP contribution in [-0.2, 0) is 22.6 Å². The zero-order valence-corrected chi connectivity index (χ0v) is 13.6. The molecule has 0 saturated carbocycles. The fourth-order valence-corrected chi connectivity index (χ4v) is 2.76. The lowest BCUT2D eigenvalue weighted by molar-refractivity contribution is -0.121. The number of hydrogen-bond donors (Lipinski definition) is 1. The van der Waals surface area contributed by atoms with Crippen molar-refractivity contribution in [3.05, 3.63) is 11.9 Å². The lowest BCUT2D eigenvalue weighted by Gasteiger charge is -2.08. The minimum Gasteiger partial charge on any atom is -0.381 e. The summed E-state index contributed by atoms with van der Waals surface area (Å²) >= 11 is 0. The van der Waals surface area contributed by atoms with Crippen LogP contribution in [0.25, 0.3) is 0 Å². The van der Waals surface area contributed by atoms with E-state index in [0.29, 0.717) is 31.7 Å². The molecule has 1 amide bonds. The molecule has 24 heavy (non-hydrogen) atoms. The van der Waals surface area contributed by atoms with Crippen molar-refractivity contribution in [3.8, 4) is 12.3 Å². The van der Waals surface area contributed by atoms with Crippen molar-refractivity contribution in [1.82, 2.24) is 20.3 Å². The van der Waals surface area contributed by atoms with Crippen molar-refractivity contribution in [2.45, 2.75) is 50.9 Å². The fraction of sp³-hybridized carbons (Fsp3) is 0.688. The Morgan fingerprint density at radius 1 is 1.50 bits per heavy atom. The highest BCUT2D eigenvalue weighted by Gasteiger charge is 2.39. The number of rotatable bonds is 9. The van der Waals surface area contributed by atoms with Gasteiger partial charge in [-0.05, 0) is 6.42 Å². The molecule has 0 aliphatic carbocycles. The molecule has 8 nitrogen and oxygen atoms in total. The maximum absolute atomic E-state index is 11.9. The van der Waals surface area contributed by atoms with Crippen molar-refractivity contribution in [1.29, 1.82) is 0 Å². The lowest BCUT2D eigenvalue weighted by atomic mass is 10.0. The van der Waals surface area contributed by atoms with Crippen molar-refractivity contribution >= 4 is 5.91 Å². The van der Waals surface area contributed by atoms with Crippen LogP contribution in [0, 0.1) is 18.3 Å². The predicted molar refractivity (Wildman–Crippen MR) is 85.7 cm³/mol. The SMILES string of the molecule is C#CCCC1(CCC(=O)NCc2cn(CC3CCOC3)nn2)N=N1. The average Bonchev–Trinajstić information content (AvgIpc) is 2.97. The van der Waals surface area contributed by atoms with Crippen molar-refractivity contribution in [3.63, 3.8) is 0 Å². The number of hydrogen-bond acceptors (Lipinski definition) is 6. The average molecular weight is 330 g/mol. The van der Waals surface area contributed by atoms with Crippen LogP contribution in [0.3, 0.4) is 0 Å². The number of nitrogens with zero attached hydrogens (tertiary/aromatic N) is 5. The molecule has 0 radical (unpaired) electrons. The molecule has 2 aliphatic rings. The lowest BCUT2D eigenvalue weighted by Crippen LogP contribution is -2.25. The summed E-state index contributed by atoms with van der Waals surface area (Å²) in [5, 5.41) is 19.1. The van der Waals surface area contributed by atoms with E-state index < -0.39 is 5.66 Å². The number of terminal acetylenes is 1. The van der Waals surface area contributed by atoms with Crippen LogP contribution in [0.2, 0.25) is 0 Å². The third-order valence-corrected chi connectivity index (χ3v) is 4.33. The Balaban J connectivity index is 1.35. The van der Waals surface area contributed by atoms with E-state index in [0.717, 1.165) is 38.3 Å². The summed E-state index contributed by atoms with van der Waals surface area (Å²) in [5.41, 5.74) is 0.348. The smallest absolute Gasteiger partial charge is 0.220 e. The van der Waals surface area contributed by atoms with Gasteiger partial charge in [-0.3, -0.25) is 9.48 Å². The standard InChI is InChI=1S/C16H22N6O2/c1-2-3-6-16(19-20-16)7-4-15(23)17-9-14-11-22(21-18-14)10-13-5-8-24-12-13/h1,11,13H,3-10,12H2,(H,17,23). The Morgan fingerprint density at radius 3 is 3.08 bits per heavy atom. The third-order valence-electron chi connectivity index (χ3n) is 4.33. The van der Waals surface area contributed by atoms with E-state index in [9.17, 15) is 4.79 Å². The van der Waals surface area contributed by atoms with Gasteiger partial charge in [-0.25, -0.2) is 0 Å². The van der Waals surface area contributed by atoms with Gasteiger partial charge in [-0.2, -0.15) is 10.2 Å². The monoisotopic (exact) mass is 330 g/mol. The Hall–Kier alpha value is -2.27. The van der Waals surface area contributed by atoms with Gasteiger partial charge >= 0.3 is 0 Å². The van der Waals surface area contributed by atoms with Crippen LogP contribution in [0.15, 0.2) is 16.4 Å². The second-order valence-corrected chi connectivity index (χ2v) is 6.32. The molecule has 1 saturated heterocycles. The first kappa shape index (κ1) is 16.6. The summed E-state index contributed by atoms with van der Waals surface area (Å²) in [6.07, 6.45) is 10.5. The molecule has 1 aromatic rings. The predicted octanol–water partition coefficient (Wildman–Crippen LogP) is 1.29. The highest BCUT2D eigenvalue weighted by molar-refractivity contribution is 5.75. The van der Waals surface area contributed by atoms with Gasteiger partial charge < -0.3 is 10.1 Å². The highest BCUT2D eigenvalue weighted by Crippen LogP contribution is 2.37. The number of amides is 1. The van der Waals surface area contributed by atoms with E-state index in [4.69, 9.17) is 11.2 Å². The number of carbonyl (C=O) groups excluding carboxylic acids is 1. The first-order chi connectivity index (χ1) is 11.7. The molecule has 0 spiro atoms. The molecule has 1 unspecified atom stereocenters. The zero-order valence-electron chi connectivity index (χ0n) is 13.6. The van der Waals surface area contributed by atoms with Gasteiger partial charge in [0.25, 0.3) is 0 Å². The molecule has 0 bridgehead atoms. The second kappa shape index (κ2) is 7.53. The Labute approximate surface area is 141 Å². The molecule has 1 atom stereocenters. The molecule has 1 N–H and O–H groups in total. The summed E-state index contributed by atoms with van der Waals surface area (Å²) in [5.74, 6) is 3.04. The minimum atomic E-state index is -0.407. The summed E-state index contributed by atoms with van der Waals surface area (Å²) in [4.78, 5) is 11.9. The molecule has 3 heterocycles. The van der Waals surface area contributed by atoms with Crippen LogP contribution in [-0.4, -0.2) is 39.8 Å². The molecule has 1 aromatic heterocycles. The van der Waals surface area contributed by atoms with Crippen LogP contribution in [0.1, 0.15) is 37.8 Å². The highest BCUT2D eigenvalue weighted by atomic mass is 16.5. The molecule has 1 fully saturated rings. The van der Waals surface area contributed by atoms with Crippen LogP contribution in [0.5, 0.6) is 0 Å². The first-order valence-corrected chi connectivity index (χ1v) is 8.30. The third kappa shape index (κ3) is 4.61. The van der Waals surface area contributed by atoms with Gasteiger partial charge in [0.05, 0.1) is 19.3 Å². The van der Waals surface area contributed by atoms with Gasteiger partial charge in [0.1, 0.15) is 5.69 Å². The van der Waals surface area contributed by atoms with Crippen molar-refractivity contribution < 1.29 is 9.53 Å². The topological polar surface area (TPSA) is 93.8 Å². The number of nitrogens with one attached hydrogen (secondary N) is 1. The van der Waals surface area contributed by atoms with Crippen molar-refractivity contribution in [2.75, 3.05) is 13.2 Å². The summed E-state index contributed by atoms with van der Waals surface area (Å²) in [7, 11) is 0. The maximum Gasteiger partial charge on any atom is 0.220 e. The van der Waals surface area contributed by atoms with Gasteiger partial charge in [0, 0.05) is 44.8 Å². The number of aromatic nitrogens is 3. The van der Waals surface area contributed by atoms with Crippen LogP contribution < -0.4 is 5.32 Å². The normalized spacial score (nSPS) is 20.7. The zero-order chi connectivity index (χ0) is 16.8. The molecule has 128 valence electrons. The fourth-order valence-electron chi connectivity index (χ4n) is 2.76. The maximum atomic E-state index is 11.9. The van der Waals surface area contributed by atoms with Gasteiger partial charge in [-0.1, -0.05) is 5.21 Å². The van der Waals surface area contributed by atoms with E-state index >= 15 is 0 Å². The molecule has 0 aromatic carbocycles. The number of carbonyl (C=O) groups is 1. The largest absolute Gasteiger partial charge is 0.381 e. The molecular formula is C16H22N6O2. The Morgan fingerprint density at radius 2 is 2.38 bits per heavy atom. The first-order valence-electron chi connectivity index (χ1n) is 8.30. The van der Waals surface area contributed by atoms with Crippen LogP contribution in [0.4, 0.5) is 0 Å². The van der Waals surface area contributed by atoms with Gasteiger partial charge in [0.15, 0.2) is 5.66 Å². The Bertz CT molecular complexity index is 635.